The Morgan fingerprint density at radius 1 is 1.26 bits per heavy atom. The van der Waals surface area contributed by atoms with Gasteiger partial charge in [-0.15, -0.1) is 0 Å². The van der Waals surface area contributed by atoms with E-state index in [-0.39, 0.29) is 16.9 Å². The van der Waals surface area contributed by atoms with E-state index in [1.807, 2.05) is 18.2 Å². The minimum absolute atomic E-state index is 0.201. The van der Waals surface area contributed by atoms with Crippen LogP contribution >= 0.6 is 0 Å². The van der Waals surface area contributed by atoms with Gasteiger partial charge in [0.05, 0.1) is 7.11 Å². The molecule has 1 aliphatic heterocycles. The van der Waals surface area contributed by atoms with Gasteiger partial charge in [0.25, 0.3) is 5.91 Å². The molecule has 0 unspecified atom stereocenters. The molecule has 2 aromatic rings. The molecule has 0 aliphatic carbocycles. The molecule has 120 valence electrons. The first-order valence-electron chi connectivity index (χ1n) is 7.73. The second kappa shape index (κ2) is 6.28. The number of H-pyrrole nitrogens is 1. The normalized spacial score (nSPS) is 14.1. The average molecular weight is 312 g/mol. The van der Waals surface area contributed by atoms with Crippen molar-refractivity contribution < 1.29 is 9.53 Å². The molecule has 0 atom stereocenters. The highest BCUT2D eigenvalue weighted by Gasteiger charge is 2.22. The monoisotopic (exact) mass is 312 g/mol. The fourth-order valence-corrected chi connectivity index (χ4v) is 2.95. The lowest BCUT2D eigenvalue weighted by Gasteiger charge is -2.20. The van der Waals surface area contributed by atoms with Crippen LogP contribution in [-0.4, -0.2) is 29.4 Å². The fourth-order valence-electron chi connectivity index (χ4n) is 2.95. The van der Waals surface area contributed by atoms with Gasteiger partial charge in [-0.1, -0.05) is 6.07 Å². The molecule has 0 fully saturated rings. The van der Waals surface area contributed by atoms with Crippen molar-refractivity contribution in [2.45, 2.75) is 26.3 Å². The number of fused-ring (bicyclic) bond motifs is 1. The Morgan fingerprint density at radius 2 is 2.09 bits per heavy atom. The highest BCUT2D eigenvalue weighted by molar-refractivity contribution is 5.93. The topological polar surface area (TPSA) is 62.4 Å². The Bertz CT molecular complexity index is 795. The van der Waals surface area contributed by atoms with E-state index in [1.54, 1.807) is 18.9 Å². The van der Waals surface area contributed by atoms with Gasteiger partial charge in [0.15, 0.2) is 5.43 Å². The molecule has 1 N–H and O–H groups in total. The first-order chi connectivity index (χ1) is 11.1. The van der Waals surface area contributed by atoms with Crippen LogP contribution in [0.3, 0.4) is 0 Å². The molecule has 3 rings (SSSR count). The van der Waals surface area contributed by atoms with Gasteiger partial charge in [0.1, 0.15) is 11.3 Å². The minimum atomic E-state index is -0.231. The Hall–Kier alpha value is -2.56. The number of methoxy groups -OCH3 is 1. The van der Waals surface area contributed by atoms with Gasteiger partial charge in [0.2, 0.25) is 0 Å². The maximum absolute atomic E-state index is 12.7. The maximum Gasteiger partial charge on any atom is 0.259 e. The van der Waals surface area contributed by atoms with Crippen LogP contribution in [-0.2, 0) is 13.0 Å². The maximum atomic E-state index is 12.7. The predicted octanol–water partition coefficient (Wildman–Crippen LogP) is 2.28. The Balaban J connectivity index is 1.88. The molecule has 23 heavy (non-hydrogen) atoms. The van der Waals surface area contributed by atoms with Crippen molar-refractivity contribution in [2.75, 3.05) is 13.7 Å². The van der Waals surface area contributed by atoms with Gasteiger partial charge in [-0.3, -0.25) is 9.59 Å². The summed E-state index contributed by atoms with van der Waals surface area (Å²) in [6.45, 7) is 2.96. The summed E-state index contributed by atoms with van der Waals surface area (Å²) in [7, 11) is 1.65. The van der Waals surface area contributed by atoms with Crippen LogP contribution in [0.25, 0.3) is 0 Å². The van der Waals surface area contributed by atoms with Crippen LogP contribution in [0, 0.1) is 6.92 Å². The van der Waals surface area contributed by atoms with Crippen LogP contribution in [0.5, 0.6) is 5.75 Å². The largest absolute Gasteiger partial charge is 0.497 e. The number of aryl methyl sites for hydroxylation is 2. The molecule has 0 saturated heterocycles. The molecule has 0 radical (unpaired) electrons. The first-order valence-corrected chi connectivity index (χ1v) is 7.73. The molecule has 1 aromatic heterocycles. The summed E-state index contributed by atoms with van der Waals surface area (Å²) in [4.78, 5) is 29.4. The highest BCUT2D eigenvalue weighted by atomic mass is 16.5. The van der Waals surface area contributed by atoms with E-state index in [4.69, 9.17) is 4.74 Å². The predicted molar refractivity (Wildman–Crippen MR) is 87.9 cm³/mol. The lowest BCUT2D eigenvalue weighted by molar-refractivity contribution is 0.0744. The molecular weight excluding hydrogens is 292 g/mol. The number of aromatic amines is 1. The number of nitrogens with zero attached hydrogens (tertiary/aromatic N) is 1. The number of rotatable bonds is 2. The van der Waals surface area contributed by atoms with Crippen LogP contribution in [0.1, 0.15) is 33.6 Å². The average Bonchev–Trinajstić information content (AvgIpc) is 2.75. The van der Waals surface area contributed by atoms with Gasteiger partial charge in [-0.25, -0.2) is 0 Å². The Morgan fingerprint density at radius 3 is 2.83 bits per heavy atom. The molecule has 5 nitrogen and oxygen atoms in total. The second-order valence-corrected chi connectivity index (χ2v) is 5.86. The number of carbonyl (C=O) groups is 1. The van der Waals surface area contributed by atoms with Gasteiger partial charge in [0, 0.05) is 31.0 Å². The van der Waals surface area contributed by atoms with Crippen LogP contribution in [0.4, 0.5) is 0 Å². The van der Waals surface area contributed by atoms with E-state index in [1.165, 1.54) is 17.8 Å². The number of ether oxygens (including phenoxy) is 1. The van der Waals surface area contributed by atoms with Crippen LogP contribution in [0.2, 0.25) is 0 Å². The minimum Gasteiger partial charge on any atom is -0.497 e. The van der Waals surface area contributed by atoms with E-state index in [2.05, 4.69) is 4.98 Å². The Labute approximate surface area is 134 Å². The number of aromatic nitrogens is 1. The van der Waals surface area contributed by atoms with Gasteiger partial charge < -0.3 is 14.6 Å². The lowest BCUT2D eigenvalue weighted by Crippen LogP contribution is -2.34. The van der Waals surface area contributed by atoms with Crippen molar-refractivity contribution >= 4 is 5.91 Å². The second-order valence-electron chi connectivity index (χ2n) is 5.86. The summed E-state index contributed by atoms with van der Waals surface area (Å²) < 4.78 is 5.27. The van der Waals surface area contributed by atoms with Crippen molar-refractivity contribution in [3.63, 3.8) is 0 Å². The van der Waals surface area contributed by atoms with Crippen LogP contribution < -0.4 is 10.2 Å². The Kier molecular flexibility index (Phi) is 4.19. The third-order valence-corrected chi connectivity index (χ3v) is 4.22. The smallest absolute Gasteiger partial charge is 0.259 e. The molecule has 1 amide bonds. The summed E-state index contributed by atoms with van der Waals surface area (Å²) in [5, 5.41) is 0. The summed E-state index contributed by atoms with van der Waals surface area (Å²) in [6.07, 6.45) is 3.29. The SMILES string of the molecule is COc1ccc2c(c1)CCCN(C(=O)c1c[nH]c(C)cc1=O)C2. The molecule has 1 aliphatic rings. The molecule has 0 saturated carbocycles. The first kappa shape index (κ1) is 15.3. The molecular formula is C18H20N2O3. The summed E-state index contributed by atoms with van der Waals surface area (Å²) in [5.74, 6) is 0.619. The number of amides is 1. The van der Waals surface area contributed by atoms with E-state index < -0.39 is 0 Å². The van der Waals surface area contributed by atoms with Gasteiger partial charge >= 0.3 is 0 Å². The van der Waals surface area contributed by atoms with Crippen LogP contribution in [0.15, 0.2) is 35.3 Å². The third kappa shape index (κ3) is 3.13. The molecule has 5 heteroatoms. The lowest BCUT2D eigenvalue weighted by atomic mass is 10.0. The molecule has 0 bridgehead atoms. The quantitative estimate of drug-likeness (QED) is 0.925. The van der Waals surface area contributed by atoms with E-state index >= 15 is 0 Å². The van der Waals surface area contributed by atoms with Crippen molar-refractivity contribution in [1.29, 1.82) is 0 Å². The van der Waals surface area contributed by atoms with E-state index in [9.17, 15) is 9.59 Å². The molecule has 1 aromatic carbocycles. The van der Waals surface area contributed by atoms with Crippen molar-refractivity contribution in [3.05, 3.63) is 63.1 Å². The number of hydrogen-bond donors (Lipinski definition) is 1. The van der Waals surface area contributed by atoms with Gasteiger partial charge in [-0.2, -0.15) is 0 Å². The van der Waals surface area contributed by atoms with Crippen molar-refractivity contribution in [1.82, 2.24) is 9.88 Å². The fraction of sp³-hybridized carbons (Fsp3) is 0.333. The van der Waals surface area contributed by atoms with Gasteiger partial charge in [-0.05, 0) is 43.0 Å². The number of carbonyl (C=O) groups excluding carboxylic acids is 1. The highest BCUT2D eigenvalue weighted by Crippen LogP contribution is 2.24. The standard InChI is InChI=1S/C18H20N2O3/c1-12-8-17(21)16(10-19-12)18(22)20-7-3-4-13-9-15(23-2)6-5-14(13)11-20/h5-6,8-10H,3-4,7,11H2,1-2H3,(H,19,21). The number of pyridine rings is 1. The van der Waals surface area contributed by atoms with E-state index in [0.717, 1.165) is 29.8 Å². The summed E-state index contributed by atoms with van der Waals surface area (Å²) >= 11 is 0. The zero-order chi connectivity index (χ0) is 16.4. The summed E-state index contributed by atoms with van der Waals surface area (Å²) in [5.41, 5.74) is 3.04. The molecule has 2 heterocycles. The zero-order valence-corrected chi connectivity index (χ0v) is 13.4. The number of benzene rings is 1. The molecule has 0 spiro atoms. The number of hydrogen-bond acceptors (Lipinski definition) is 3. The third-order valence-electron chi connectivity index (χ3n) is 4.22. The van der Waals surface area contributed by atoms with Crippen molar-refractivity contribution in [3.8, 4) is 5.75 Å². The summed E-state index contributed by atoms with van der Waals surface area (Å²) in [6, 6.07) is 7.40. The zero-order valence-electron chi connectivity index (χ0n) is 13.4. The van der Waals surface area contributed by atoms with Crippen molar-refractivity contribution in [2.24, 2.45) is 0 Å². The van der Waals surface area contributed by atoms with E-state index in [0.29, 0.717) is 13.1 Å². The number of nitrogens with one attached hydrogen (secondary N) is 1.